The van der Waals surface area contributed by atoms with Crippen molar-refractivity contribution in [1.29, 1.82) is 0 Å². The maximum atomic E-state index is 12.1. The summed E-state index contributed by atoms with van der Waals surface area (Å²) in [4.78, 5) is 28.2. The van der Waals surface area contributed by atoms with E-state index in [1.54, 1.807) is 24.5 Å². The van der Waals surface area contributed by atoms with Crippen molar-refractivity contribution >= 4 is 11.9 Å². The van der Waals surface area contributed by atoms with Crippen molar-refractivity contribution in [2.24, 2.45) is 0 Å². The SMILES string of the molecule is CCC(C)N(CC(=O)O)C(=O)Cc1ccncc1. The summed E-state index contributed by atoms with van der Waals surface area (Å²) in [6.45, 7) is 3.53. The van der Waals surface area contributed by atoms with E-state index in [2.05, 4.69) is 4.98 Å². The number of pyridine rings is 1. The van der Waals surface area contributed by atoms with Gasteiger partial charge in [0.2, 0.25) is 5.91 Å². The summed E-state index contributed by atoms with van der Waals surface area (Å²) in [5.74, 6) is -1.16. The topological polar surface area (TPSA) is 70.5 Å². The van der Waals surface area contributed by atoms with E-state index >= 15 is 0 Å². The van der Waals surface area contributed by atoms with Crippen molar-refractivity contribution < 1.29 is 14.7 Å². The Morgan fingerprint density at radius 3 is 2.50 bits per heavy atom. The molecule has 0 aliphatic rings. The van der Waals surface area contributed by atoms with E-state index in [-0.39, 0.29) is 24.9 Å². The largest absolute Gasteiger partial charge is 0.480 e. The molecule has 0 aromatic carbocycles. The first-order valence-corrected chi connectivity index (χ1v) is 5.94. The summed E-state index contributed by atoms with van der Waals surface area (Å²) in [7, 11) is 0. The molecule has 0 saturated heterocycles. The minimum Gasteiger partial charge on any atom is -0.480 e. The first-order valence-electron chi connectivity index (χ1n) is 5.94. The summed E-state index contributed by atoms with van der Waals surface area (Å²) in [5, 5.41) is 8.84. The van der Waals surface area contributed by atoms with E-state index in [1.807, 2.05) is 13.8 Å². The highest BCUT2D eigenvalue weighted by Gasteiger charge is 2.21. The molecule has 1 aromatic heterocycles. The van der Waals surface area contributed by atoms with Gasteiger partial charge in [-0.1, -0.05) is 6.92 Å². The number of carboxylic acids is 1. The van der Waals surface area contributed by atoms with Gasteiger partial charge in [-0.15, -0.1) is 0 Å². The third kappa shape index (κ3) is 4.16. The minimum absolute atomic E-state index is 0.0737. The van der Waals surface area contributed by atoms with Gasteiger partial charge < -0.3 is 10.0 Å². The monoisotopic (exact) mass is 250 g/mol. The molecular weight excluding hydrogens is 232 g/mol. The normalized spacial score (nSPS) is 11.9. The lowest BCUT2D eigenvalue weighted by Gasteiger charge is -2.27. The number of carbonyl (C=O) groups is 2. The quantitative estimate of drug-likeness (QED) is 0.827. The number of amides is 1. The van der Waals surface area contributed by atoms with Gasteiger partial charge in [-0.05, 0) is 31.0 Å². The molecule has 98 valence electrons. The zero-order valence-corrected chi connectivity index (χ0v) is 10.7. The van der Waals surface area contributed by atoms with E-state index < -0.39 is 5.97 Å². The average molecular weight is 250 g/mol. The number of rotatable bonds is 6. The number of carboxylic acid groups (broad SMARTS) is 1. The second-order valence-electron chi connectivity index (χ2n) is 4.20. The summed E-state index contributed by atoms with van der Waals surface area (Å²) in [6, 6.07) is 3.44. The molecule has 0 aliphatic heterocycles. The molecular formula is C13H18N2O3. The Morgan fingerprint density at radius 1 is 1.39 bits per heavy atom. The molecule has 1 rings (SSSR count). The fraction of sp³-hybridized carbons (Fsp3) is 0.462. The van der Waals surface area contributed by atoms with Gasteiger partial charge in [-0.25, -0.2) is 0 Å². The van der Waals surface area contributed by atoms with E-state index in [4.69, 9.17) is 5.11 Å². The van der Waals surface area contributed by atoms with E-state index in [9.17, 15) is 9.59 Å². The number of aromatic nitrogens is 1. The van der Waals surface area contributed by atoms with Crippen LogP contribution < -0.4 is 0 Å². The molecule has 18 heavy (non-hydrogen) atoms. The first-order chi connectivity index (χ1) is 8.54. The zero-order chi connectivity index (χ0) is 13.5. The molecule has 1 N–H and O–H groups in total. The van der Waals surface area contributed by atoms with Crippen LogP contribution in [0.15, 0.2) is 24.5 Å². The Balaban J connectivity index is 2.73. The van der Waals surface area contributed by atoms with Crippen molar-refractivity contribution in [3.8, 4) is 0 Å². The standard InChI is InChI=1S/C13H18N2O3/c1-3-10(2)15(9-13(17)18)12(16)8-11-4-6-14-7-5-11/h4-7,10H,3,8-9H2,1-2H3,(H,17,18). The van der Waals surface area contributed by atoms with Crippen LogP contribution in [-0.2, 0) is 16.0 Å². The summed E-state index contributed by atoms with van der Waals surface area (Å²) >= 11 is 0. The highest BCUT2D eigenvalue weighted by atomic mass is 16.4. The van der Waals surface area contributed by atoms with Crippen molar-refractivity contribution in [1.82, 2.24) is 9.88 Å². The maximum Gasteiger partial charge on any atom is 0.323 e. The molecule has 5 nitrogen and oxygen atoms in total. The van der Waals surface area contributed by atoms with Crippen molar-refractivity contribution in [2.45, 2.75) is 32.7 Å². The Bertz CT molecular complexity index is 406. The average Bonchev–Trinajstić information content (AvgIpc) is 2.36. The number of carbonyl (C=O) groups excluding carboxylic acids is 1. The Hall–Kier alpha value is -1.91. The van der Waals surface area contributed by atoms with Crippen LogP contribution in [0.3, 0.4) is 0 Å². The fourth-order valence-corrected chi connectivity index (χ4v) is 1.63. The van der Waals surface area contributed by atoms with Crippen molar-refractivity contribution in [3.63, 3.8) is 0 Å². The van der Waals surface area contributed by atoms with Crippen LogP contribution in [0.4, 0.5) is 0 Å². The minimum atomic E-state index is -0.988. The molecule has 1 atom stereocenters. The lowest BCUT2D eigenvalue weighted by molar-refractivity contribution is -0.145. The summed E-state index contributed by atoms with van der Waals surface area (Å²) in [5.41, 5.74) is 0.841. The van der Waals surface area contributed by atoms with Crippen LogP contribution >= 0.6 is 0 Å². The molecule has 0 aliphatic carbocycles. The Morgan fingerprint density at radius 2 is 2.00 bits per heavy atom. The predicted molar refractivity (Wildman–Crippen MR) is 67.0 cm³/mol. The van der Waals surface area contributed by atoms with Gasteiger partial charge in [0.1, 0.15) is 6.54 Å². The number of nitrogens with zero attached hydrogens (tertiary/aromatic N) is 2. The second-order valence-corrected chi connectivity index (χ2v) is 4.20. The van der Waals surface area contributed by atoms with Crippen LogP contribution in [0.25, 0.3) is 0 Å². The second kappa shape index (κ2) is 6.74. The molecule has 0 bridgehead atoms. The maximum absolute atomic E-state index is 12.1. The predicted octanol–water partition coefficient (Wildman–Crippen LogP) is 1.34. The van der Waals surface area contributed by atoms with Gasteiger partial charge in [0.25, 0.3) is 0 Å². The van der Waals surface area contributed by atoms with Gasteiger partial charge >= 0.3 is 5.97 Å². The van der Waals surface area contributed by atoms with Crippen LogP contribution in [0.5, 0.6) is 0 Å². The van der Waals surface area contributed by atoms with Gasteiger partial charge in [0, 0.05) is 18.4 Å². The third-order valence-electron chi connectivity index (χ3n) is 2.85. The highest BCUT2D eigenvalue weighted by Crippen LogP contribution is 2.08. The van der Waals surface area contributed by atoms with E-state index in [1.165, 1.54) is 4.90 Å². The molecule has 1 aromatic rings. The molecule has 0 fully saturated rings. The smallest absolute Gasteiger partial charge is 0.323 e. The van der Waals surface area contributed by atoms with Crippen LogP contribution in [0, 0.1) is 0 Å². The number of aliphatic carboxylic acids is 1. The first kappa shape index (κ1) is 14.2. The molecule has 1 unspecified atom stereocenters. The van der Waals surface area contributed by atoms with E-state index in [0.29, 0.717) is 0 Å². The van der Waals surface area contributed by atoms with Crippen molar-refractivity contribution in [3.05, 3.63) is 30.1 Å². The van der Waals surface area contributed by atoms with Crippen LogP contribution in [0.2, 0.25) is 0 Å². The summed E-state index contributed by atoms with van der Waals surface area (Å²) < 4.78 is 0. The molecule has 0 spiro atoms. The van der Waals surface area contributed by atoms with Gasteiger partial charge in [-0.2, -0.15) is 0 Å². The fourth-order valence-electron chi connectivity index (χ4n) is 1.63. The lowest BCUT2D eigenvalue weighted by Crippen LogP contribution is -2.42. The zero-order valence-electron chi connectivity index (χ0n) is 10.7. The Kier molecular flexibility index (Phi) is 5.30. The van der Waals surface area contributed by atoms with Gasteiger partial charge in [-0.3, -0.25) is 14.6 Å². The summed E-state index contributed by atoms with van der Waals surface area (Å²) in [6.07, 6.45) is 4.18. The van der Waals surface area contributed by atoms with Crippen LogP contribution in [0.1, 0.15) is 25.8 Å². The highest BCUT2D eigenvalue weighted by molar-refractivity contribution is 5.83. The molecule has 5 heteroatoms. The Labute approximate surface area is 106 Å². The number of hydrogen-bond donors (Lipinski definition) is 1. The van der Waals surface area contributed by atoms with E-state index in [0.717, 1.165) is 12.0 Å². The van der Waals surface area contributed by atoms with Crippen LogP contribution in [-0.4, -0.2) is 39.5 Å². The third-order valence-corrected chi connectivity index (χ3v) is 2.85. The van der Waals surface area contributed by atoms with Gasteiger partial charge in [0.05, 0.1) is 6.42 Å². The molecule has 1 heterocycles. The molecule has 0 radical (unpaired) electrons. The van der Waals surface area contributed by atoms with Gasteiger partial charge in [0.15, 0.2) is 0 Å². The molecule has 0 saturated carbocycles. The lowest BCUT2D eigenvalue weighted by atomic mass is 10.1. The number of hydrogen-bond acceptors (Lipinski definition) is 3. The van der Waals surface area contributed by atoms with Crippen molar-refractivity contribution in [2.75, 3.05) is 6.54 Å². The molecule has 1 amide bonds.